The summed E-state index contributed by atoms with van der Waals surface area (Å²) in [5.41, 5.74) is 4.29. The molecule has 114 valence electrons. The van der Waals surface area contributed by atoms with Crippen molar-refractivity contribution in [3.8, 4) is 5.75 Å². The number of imide groups is 1. The molecule has 0 bridgehead atoms. The van der Waals surface area contributed by atoms with Crippen LogP contribution in [0, 0.1) is 0 Å². The quantitative estimate of drug-likeness (QED) is 0.708. The normalized spacial score (nSPS) is 19.4. The first-order valence-corrected chi connectivity index (χ1v) is 7.36. The van der Waals surface area contributed by atoms with Crippen LogP contribution in [0.5, 0.6) is 5.75 Å². The van der Waals surface area contributed by atoms with Gasteiger partial charge in [0.2, 0.25) is 5.91 Å². The number of benzene rings is 1. The highest BCUT2D eigenvalue weighted by molar-refractivity contribution is 6.12. The first-order chi connectivity index (χ1) is 11.1. The number of allylic oxidation sites excluding steroid dienone is 3. The lowest BCUT2D eigenvalue weighted by atomic mass is 9.88. The van der Waals surface area contributed by atoms with E-state index in [1.54, 1.807) is 12.1 Å². The largest absolute Gasteiger partial charge is 0.508 e. The van der Waals surface area contributed by atoms with Gasteiger partial charge < -0.3 is 10.1 Å². The second-order valence-corrected chi connectivity index (χ2v) is 5.74. The lowest BCUT2D eigenvalue weighted by Gasteiger charge is -2.21. The van der Waals surface area contributed by atoms with E-state index in [1.807, 2.05) is 30.5 Å². The van der Waals surface area contributed by atoms with Crippen molar-refractivity contribution < 1.29 is 14.7 Å². The maximum atomic E-state index is 11.8. The Bertz CT molecular complexity index is 944. The van der Waals surface area contributed by atoms with Crippen molar-refractivity contribution in [3.63, 3.8) is 0 Å². The lowest BCUT2D eigenvalue weighted by molar-refractivity contribution is -0.129. The van der Waals surface area contributed by atoms with Crippen LogP contribution in [-0.2, 0) is 9.59 Å². The molecule has 0 spiro atoms. The van der Waals surface area contributed by atoms with Crippen LogP contribution in [0.15, 0.2) is 53.3 Å². The zero-order chi connectivity index (χ0) is 16.0. The third kappa shape index (κ3) is 2.36. The number of amides is 2. The number of aromatic nitrogens is 1. The molecule has 1 aromatic heterocycles. The van der Waals surface area contributed by atoms with Crippen LogP contribution >= 0.6 is 0 Å². The SMILES string of the molecule is O=C1CC2=CC(=Cc3c[nH]c4ccc(O)cc34)CC=C2C(=O)N1. The fourth-order valence-electron chi connectivity index (χ4n) is 3.06. The van der Waals surface area contributed by atoms with Crippen molar-refractivity contribution in [2.45, 2.75) is 12.8 Å². The Morgan fingerprint density at radius 1 is 1.22 bits per heavy atom. The average molecular weight is 306 g/mol. The fraction of sp³-hybridized carbons (Fsp3) is 0.111. The van der Waals surface area contributed by atoms with Crippen molar-refractivity contribution in [2.24, 2.45) is 0 Å². The molecule has 5 nitrogen and oxygen atoms in total. The van der Waals surface area contributed by atoms with Gasteiger partial charge in [-0.25, -0.2) is 0 Å². The number of aromatic hydroxyl groups is 1. The van der Waals surface area contributed by atoms with Crippen LogP contribution < -0.4 is 5.32 Å². The number of H-pyrrole nitrogens is 1. The van der Waals surface area contributed by atoms with E-state index in [1.165, 1.54) is 0 Å². The summed E-state index contributed by atoms with van der Waals surface area (Å²) in [6, 6.07) is 5.18. The minimum atomic E-state index is -0.316. The summed E-state index contributed by atoms with van der Waals surface area (Å²) in [5.74, 6) is -0.365. The number of piperidine rings is 1. The van der Waals surface area contributed by atoms with Gasteiger partial charge in [-0.05, 0) is 41.8 Å². The van der Waals surface area contributed by atoms with E-state index >= 15 is 0 Å². The van der Waals surface area contributed by atoms with Crippen molar-refractivity contribution in [3.05, 3.63) is 58.8 Å². The maximum absolute atomic E-state index is 11.8. The number of rotatable bonds is 1. The minimum Gasteiger partial charge on any atom is -0.508 e. The van der Waals surface area contributed by atoms with E-state index < -0.39 is 0 Å². The molecule has 0 unspecified atom stereocenters. The summed E-state index contributed by atoms with van der Waals surface area (Å²) in [6.45, 7) is 0. The fourth-order valence-corrected chi connectivity index (χ4v) is 3.06. The van der Waals surface area contributed by atoms with Crippen LogP contribution in [0.25, 0.3) is 17.0 Å². The van der Waals surface area contributed by atoms with E-state index in [0.717, 1.165) is 27.6 Å². The molecule has 2 heterocycles. The number of hydrogen-bond donors (Lipinski definition) is 3. The number of carbonyl (C=O) groups is 2. The average Bonchev–Trinajstić information content (AvgIpc) is 2.89. The highest BCUT2D eigenvalue weighted by Crippen LogP contribution is 2.30. The molecule has 0 saturated carbocycles. The molecule has 1 aliphatic heterocycles. The Morgan fingerprint density at radius 2 is 2.09 bits per heavy atom. The molecule has 5 heteroatoms. The van der Waals surface area contributed by atoms with Gasteiger partial charge in [-0.2, -0.15) is 0 Å². The molecule has 2 aliphatic rings. The third-order valence-corrected chi connectivity index (χ3v) is 4.13. The topological polar surface area (TPSA) is 82.2 Å². The number of nitrogens with one attached hydrogen (secondary N) is 2. The third-order valence-electron chi connectivity index (χ3n) is 4.13. The smallest absolute Gasteiger partial charge is 0.257 e. The molecule has 1 saturated heterocycles. The molecule has 0 radical (unpaired) electrons. The summed E-state index contributed by atoms with van der Waals surface area (Å²) in [4.78, 5) is 26.5. The summed E-state index contributed by atoms with van der Waals surface area (Å²) in [5, 5.41) is 12.9. The van der Waals surface area contributed by atoms with E-state index in [9.17, 15) is 14.7 Å². The standard InChI is InChI=1S/C18H14N2O3/c21-13-2-4-16-15(8-13)12(9-19-16)6-10-1-3-14-11(5-10)7-17(22)20-18(14)23/h2-6,8-9,19,21H,1,7H2,(H,20,22,23). The molecule has 1 fully saturated rings. The molecular weight excluding hydrogens is 292 g/mol. The number of aromatic amines is 1. The Kier molecular flexibility index (Phi) is 2.94. The highest BCUT2D eigenvalue weighted by Gasteiger charge is 2.26. The second-order valence-electron chi connectivity index (χ2n) is 5.74. The van der Waals surface area contributed by atoms with Crippen LogP contribution in [-0.4, -0.2) is 21.9 Å². The molecule has 4 rings (SSSR count). The Morgan fingerprint density at radius 3 is 2.96 bits per heavy atom. The summed E-state index contributed by atoms with van der Waals surface area (Å²) in [7, 11) is 0. The van der Waals surface area contributed by atoms with E-state index in [0.29, 0.717) is 12.0 Å². The van der Waals surface area contributed by atoms with Gasteiger partial charge in [0.05, 0.1) is 6.42 Å². The first kappa shape index (κ1) is 13.6. The van der Waals surface area contributed by atoms with Crippen LogP contribution in [0.3, 0.4) is 0 Å². The molecule has 2 aromatic rings. The molecule has 23 heavy (non-hydrogen) atoms. The van der Waals surface area contributed by atoms with Crippen molar-refractivity contribution in [1.29, 1.82) is 0 Å². The highest BCUT2D eigenvalue weighted by atomic mass is 16.3. The summed E-state index contributed by atoms with van der Waals surface area (Å²) >= 11 is 0. The van der Waals surface area contributed by atoms with Gasteiger partial charge in [-0.3, -0.25) is 14.9 Å². The van der Waals surface area contributed by atoms with E-state index in [2.05, 4.69) is 10.3 Å². The van der Waals surface area contributed by atoms with Gasteiger partial charge in [0.15, 0.2) is 0 Å². The molecule has 1 aliphatic carbocycles. The van der Waals surface area contributed by atoms with Crippen molar-refractivity contribution >= 4 is 28.8 Å². The Hall–Kier alpha value is -3.08. The number of hydrogen-bond acceptors (Lipinski definition) is 3. The number of fused-ring (bicyclic) bond motifs is 2. The molecular formula is C18H14N2O3. The molecule has 1 aromatic carbocycles. The van der Waals surface area contributed by atoms with Crippen LogP contribution in [0.2, 0.25) is 0 Å². The molecule has 2 amide bonds. The Labute approximate surface area is 132 Å². The minimum absolute atomic E-state index is 0.218. The summed E-state index contributed by atoms with van der Waals surface area (Å²) < 4.78 is 0. The summed E-state index contributed by atoms with van der Waals surface area (Å²) in [6.07, 6.45) is 8.52. The lowest BCUT2D eigenvalue weighted by Crippen LogP contribution is -2.37. The van der Waals surface area contributed by atoms with E-state index in [4.69, 9.17) is 0 Å². The zero-order valence-electron chi connectivity index (χ0n) is 12.2. The van der Waals surface area contributed by atoms with Gasteiger partial charge in [0.25, 0.3) is 5.91 Å². The monoisotopic (exact) mass is 306 g/mol. The predicted octanol–water partition coefficient (Wildman–Crippen LogP) is 2.56. The van der Waals surface area contributed by atoms with Gasteiger partial charge >= 0.3 is 0 Å². The zero-order valence-corrected chi connectivity index (χ0v) is 12.2. The number of phenols is 1. The first-order valence-electron chi connectivity index (χ1n) is 7.36. The predicted molar refractivity (Wildman–Crippen MR) is 86.5 cm³/mol. The second kappa shape index (κ2) is 4.98. The van der Waals surface area contributed by atoms with Gasteiger partial charge in [0, 0.05) is 28.2 Å². The molecule has 0 atom stereocenters. The van der Waals surface area contributed by atoms with Crippen molar-refractivity contribution in [2.75, 3.05) is 0 Å². The Balaban J connectivity index is 1.73. The number of phenolic OH excluding ortho intramolecular Hbond substituents is 1. The number of carbonyl (C=O) groups excluding carboxylic acids is 2. The van der Waals surface area contributed by atoms with Crippen LogP contribution in [0.1, 0.15) is 18.4 Å². The van der Waals surface area contributed by atoms with Gasteiger partial charge in [-0.15, -0.1) is 0 Å². The van der Waals surface area contributed by atoms with Crippen LogP contribution in [0.4, 0.5) is 0 Å². The maximum Gasteiger partial charge on any atom is 0.257 e. The van der Waals surface area contributed by atoms with Gasteiger partial charge in [0.1, 0.15) is 5.75 Å². The van der Waals surface area contributed by atoms with E-state index in [-0.39, 0.29) is 24.0 Å². The van der Waals surface area contributed by atoms with Gasteiger partial charge in [-0.1, -0.05) is 12.2 Å². The molecule has 3 N–H and O–H groups in total. The van der Waals surface area contributed by atoms with Crippen molar-refractivity contribution in [1.82, 2.24) is 10.3 Å².